The maximum absolute atomic E-state index is 5.11. The van der Waals surface area contributed by atoms with E-state index in [0.29, 0.717) is 0 Å². The minimum Gasteiger partial charge on any atom is -0.497 e. The van der Waals surface area contributed by atoms with Crippen molar-refractivity contribution in [2.75, 3.05) is 12.5 Å². The SMILES string of the molecule is COc1ccc(NN=C(C)c2ccc(C)cc2)cc1. The standard InChI is InChI=1S/C16H18N2O/c1-12-4-6-14(7-5-12)13(2)17-18-15-8-10-16(19-3)11-9-15/h4-11,18H,1-3H3. The average Bonchev–Trinajstić information content (AvgIpc) is 2.46. The third-order valence-electron chi connectivity index (χ3n) is 2.91. The highest BCUT2D eigenvalue weighted by molar-refractivity contribution is 5.99. The van der Waals surface area contributed by atoms with Gasteiger partial charge in [0.15, 0.2) is 0 Å². The summed E-state index contributed by atoms with van der Waals surface area (Å²) in [5, 5.41) is 4.38. The molecule has 2 aromatic carbocycles. The zero-order valence-corrected chi connectivity index (χ0v) is 11.5. The number of nitrogens with zero attached hydrogens (tertiary/aromatic N) is 1. The molecule has 0 amide bonds. The molecule has 0 bridgehead atoms. The van der Waals surface area contributed by atoms with Gasteiger partial charge >= 0.3 is 0 Å². The third kappa shape index (κ3) is 3.58. The fourth-order valence-electron chi connectivity index (χ4n) is 1.67. The van der Waals surface area contributed by atoms with E-state index in [1.54, 1.807) is 7.11 Å². The number of hydrogen-bond acceptors (Lipinski definition) is 3. The molecular weight excluding hydrogens is 236 g/mol. The second-order valence-electron chi connectivity index (χ2n) is 4.40. The van der Waals surface area contributed by atoms with Crippen molar-refractivity contribution >= 4 is 11.4 Å². The number of aryl methyl sites for hydroxylation is 1. The maximum atomic E-state index is 5.11. The highest BCUT2D eigenvalue weighted by atomic mass is 16.5. The van der Waals surface area contributed by atoms with Crippen LogP contribution in [0.2, 0.25) is 0 Å². The third-order valence-corrected chi connectivity index (χ3v) is 2.91. The summed E-state index contributed by atoms with van der Waals surface area (Å²) in [5.74, 6) is 0.838. The van der Waals surface area contributed by atoms with E-state index >= 15 is 0 Å². The van der Waals surface area contributed by atoms with Gasteiger partial charge in [-0.25, -0.2) is 0 Å². The Morgan fingerprint density at radius 2 is 1.63 bits per heavy atom. The van der Waals surface area contributed by atoms with Gasteiger partial charge in [-0.3, -0.25) is 5.43 Å². The second kappa shape index (κ2) is 6.05. The van der Waals surface area contributed by atoms with Crippen LogP contribution in [0.3, 0.4) is 0 Å². The lowest BCUT2D eigenvalue weighted by molar-refractivity contribution is 0.415. The molecule has 0 radical (unpaired) electrons. The smallest absolute Gasteiger partial charge is 0.119 e. The Hall–Kier alpha value is -2.29. The quantitative estimate of drug-likeness (QED) is 0.664. The first-order chi connectivity index (χ1) is 9.19. The van der Waals surface area contributed by atoms with Gasteiger partial charge in [-0.2, -0.15) is 5.10 Å². The van der Waals surface area contributed by atoms with E-state index in [9.17, 15) is 0 Å². The Kier molecular flexibility index (Phi) is 4.18. The molecule has 0 aliphatic carbocycles. The largest absolute Gasteiger partial charge is 0.497 e. The molecule has 0 atom stereocenters. The van der Waals surface area contributed by atoms with Crippen LogP contribution in [0, 0.1) is 6.92 Å². The van der Waals surface area contributed by atoms with Gasteiger partial charge in [-0.05, 0) is 43.7 Å². The van der Waals surface area contributed by atoms with Gasteiger partial charge in [0, 0.05) is 0 Å². The fraction of sp³-hybridized carbons (Fsp3) is 0.188. The summed E-state index contributed by atoms with van der Waals surface area (Å²) in [5.41, 5.74) is 7.30. The van der Waals surface area contributed by atoms with Crippen molar-refractivity contribution in [1.29, 1.82) is 0 Å². The van der Waals surface area contributed by atoms with Crippen LogP contribution in [0.5, 0.6) is 5.75 Å². The molecule has 19 heavy (non-hydrogen) atoms. The molecule has 0 fully saturated rings. The molecule has 98 valence electrons. The Labute approximate surface area is 113 Å². The van der Waals surface area contributed by atoms with Crippen LogP contribution in [0.4, 0.5) is 5.69 Å². The highest BCUT2D eigenvalue weighted by Gasteiger charge is 1.97. The summed E-state index contributed by atoms with van der Waals surface area (Å²) in [7, 11) is 1.65. The van der Waals surface area contributed by atoms with Crippen LogP contribution < -0.4 is 10.2 Å². The lowest BCUT2D eigenvalue weighted by Crippen LogP contribution is -1.99. The van der Waals surface area contributed by atoms with Gasteiger partial charge in [-0.15, -0.1) is 0 Å². The first-order valence-corrected chi connectivity index (χ1v) is 6.20. The molecule has 0 aromatic heterocycles. The Balaban J connectivity index is 2.06. The van der Waals surface area contributed by atoms with E-state index in [4.69, 9.17) is 4.74 Å². The summed E-state index contributed by atoms with van der Waals surface area (Å²) < 4.78 is 5.11. The first-order valence-electron chi connectivity index (χ1n) is 6.20. The minimum atomic E-state index is 0.838. The molecule has 3 heteroatoms. The monoisotopic (exact) mass is 254 g/mol. The molecule has 0 aliphatic heterocycles. The normalized spacial score (nSPS) is 11.2. The number of rotatable bonds is 4. The molecule has 0 aliphatic rings. The molecule has 1 N–H and O–H groups in total. The van der Waals surface area contributed by atoms with Crippen molar-refractivity contribution < 1.29 is 4.74 Å². The molecule has 0 saturated heterocycles. The number of ether oxygens (including phenoxy) is 1. The topological polar surface area (TPSA) is 33.6 Å². The van der Waals surface area contributed by atoms with E-state index in [-0.39, 0.29) is 0 Å². The van der Waals surface area contributed by atoms with E-state index in [0.717, 1.165) is 22.7 Å². The maximum Gasteiger partial charge on any atom is 0.119 e. The van der Waals surface area contributed by atoms with Crippen LogP contribution in [0.25, 0.3) is 0 Å². The molecular formula is C16H18N2O. The van der Waals surface area contributed by atoms with E-state index in [1.165, 1.54) is 5.56 Å². The Morgan fingerprint density at radius 1 is 1.00 bits per heavy atom. The highest BCUT2D eigenvalue weighted by Crippen LogP contribution is 2.15. The van der Waals surface area contributed by atoms with Crippen molar-refractivity contribution in [3.8, 4) is 5.75 Å². The summed E-state index contributed by atoms with van der Waals surface area (Å²) in [6, 6.07) is 16.0. The predicted molar refractivity (Wildman–Crippen MR) is 80.0 cm³/mol. The minimum absolute atomic E-state index is 0.838. The second-order valence-corrected chi connectivity index (χ2v) is 4.40. The van der Waals surface area contributed by atoms with Crippen molar-refractivity contribution in [1.82, 2.24) is 0 Å². The predicted octanol–water partition coefficient (Wildman–Crippen LogP) is 3.84. The molecule has 0 heterocycles. The van der Waals surface area contributed by atoms with Crippen molar-refractivity contribution in [3.05, 3.63) is 59.7 Å². The zero-order valence-electron chi connectivity index (χ0n) is 11.5. The first kappa shape index (κ1) is 13.1. The summed E-state index contributed by atoms with van der Waals surface area (Å²) in [6.07, 6.45) is 0. The van der Waals surface area contributed by atoms with Gasteiger partial charge in [0.2, 0.25) is 0 Å². The van der Waals surface area contributed by atoms with Crippen molar-refractivity contribution in [2.24, 2.45) is 5.10 Å². The van der Waals surface area contributed by atoms with E-state index in [1.807, 2.05) is 31.2 Å². The number of anilines is 1. The molecule has 2 aromatic rings. The fourth-order valence-corrected chi connectivity index (χ4v) is 1.67. The lowest BCUT2D eigenvalue weighted by Gasteiger charge is -2.05. The van der Waals surface area contributed by atoms with Gasteiger partial charge in [0.05, 0.1) is 18.5 Å². The molecule has 2 rings (SSSR count). The number of hydrazone groups is 1. The van der Waals surface area contributed by atoms with Crippen LogP contribution in [0.1, 0.15) is 18.1 Å². The number of nitrogens with one attached hydrogen (secondary N) is 1. The van der Waals surface area contributed by atoms with Crippen LogP contribution >= 0.6 is 0 Å². The summed E-state index contributed by atoms with van der Waals surface area (Å²) in [6.45, 7) is 4.06. The van der Waals surface area contributed by atoms with Crippen LogP contribution in [-0.2, 0) is 0 Å². The van der Waals surface area contributed by atoms with Crippen LogP contribution in [0.15, 0.2) is 53.6 Å². The van der Waals surface area contributed by atoms with Gasteiger partial charge in [0.1, 0.15) is 5.75 Å². The summed E-state index contributed by atoms with van der Waals surface area (Å²) in [4.78, 5) is 0. The Morgan fingerprint density at radius 3 is 2.21 bits per heavy atom. The van der Waals surface area contributed by atoms with Gasteiger partial charge < -0.3 is 4.74 Å². The van der Waals surface area contributed by atoms with Crippen LogP contribution in [-0.4, -0.2) is 12.8 Å². The van der Waals surface area contributed by atoms with Gasteiger partial charge in [0.25, 0.3) is 0 Å². The molecule has 3 nitrogen and oxygen atoms in total. The molecule has 0 unspecified atom stereocenters. The number of methoxy groups -OCH3 is 1. The lowest BCUT2D eigenvalue weighted by atomic mass is 10.1. The number of benzene rings is 2. The average molecular weight is 254 g/mol. The van der Waals surface area contributed by atoms with E-state index < -0.39 is 0 Å². The number of hydrogen-bond donors (Lipinski definition) is 1. The van der Waals surface area contributed by atoms with Gasteiger partial charge in [-0.1, -0.05) is 29.8 Å². The Bertz CT molecular complexity index is 556. The van der Waals surface area contributed by atoms with Crippen molar-refractivity contribution in [3.63, 3.8) is 0 Å². The van der Waals surface area contributed by atoms with E-state index in [2.05, 4.69) is 41.7 Å². The molecule has 0 saturated carbocycles. The molecule has 0 spiro atoms. The van der Waals surface area contributed by atoms with Crippen molar-refractivity contribution in [2.45, 2.75) is 13.8 Å². The zero-order chi connectivity index (χ0) is 13.7. The summed E-state index contributed by atoms with van der Waals surface area (Å²) >= 11 is 0.